The van der Waals surface area contributed by atoms with Gasteiger partial charge in [0.05, 0.1) is 25.5 Å². The van der Waals surface area contributed by atoms with Crippen LogP contribution in [0.1, 0.15) is 5.56 Å². The predicted molar refractivity (Wildman–Crippen MR) is 133 cm³/mol. The summed E-state index contributed by atoms with van der Waals surface area (Å²) in [5, 5.41) is 9.93. The molecule has 1 aromatic heterocycles. The third kappa shape index (κ3) is 6.76. The number of ether oxygens (including phenoxy) is 2. The number of hydrogen-bond donors (Lipinski definition) is 2. The molecule has 1 aromatic carbocycles. The fourth-order valence-corrected chi connectivity index (χ4v) is 5.22. The Labute approximate surface area is 215 Å². The summed E-state index contributed by atoms with van der Waals surface area (Å²) in [4.78, 5) is 20.3. The second kappa shape index (κ2) is 11.7. The molecular formula is C24H28F4N4O4S. The van der Waals surface area contributed by atoms with Gasteiger partial charge in [0.1, 0.15) is 23.5 Å². The maximum absolute atomic E-state index is 14.9. The number of rotatable bonds is 6. The number of aliphatic hydroxyl groups excluding tert-OH is 1. The summed E-state index contributed by atoms with van der Waals surface area (Å²) >= 11 is 0.756. The first kappa shape index (κ1) is 27.3. The lowest BCUT2D eigenvalue weighted by atomic mass is 10.00. The summed E-state index contributed by atoms with van der Waals surface area (Å²) in [6.45, 7) is 3.48. The fourth-order valence-electron chi connectivity index (χ4n) is 4.13. The number of urea groups is 1. The lowest BCUT2D eigenvalue weighted by molar-refractivity contribution is -0.131. The van der Waals surface area contributed by atoms with Crippen molar-refractivity contribution in [3.63, 3.8) is 0 Å². The smallest absolute Gasteiger partial charge is 0.402 e. The molecule has 37 heavy (non-hydrogen) atoms. The Bertz CT molecular complexity index is 1110. The SMILES string of the molecule is Cc1cc(F)c(NC(=O)N2CCS[C@@H](C(F)(F)F)C2)cc1-c1cc(OCCO)nc(N2CCOCC2)c1. The molecule has 4 rings (SSSR count). The van der Waals surface area contributed by atoms with Crippen LogP contribution in [0.4, 0.5) is 33.9 Å². The number of pyridine rings is 1. The van der Waals surface area contributed by atoms with Gasteiger partial charge in [-0.3, -0.25) is 0 Å². The van der Waals surface area contributed by atoms with Crippen LogP contribution in [-0.2, 0) is 4.74 Å². The number of benzene rings is 1. The van der Waals surface area contributed by atoms with Crippen molar-refractivity contribution in [2.45, 2.75) is 18.3 Å². The third-order valence-corrected chi connectivity index (χ3v) is 7.29. The van der Waals surface area contributed by atoms with Gasteiger partial charge in [-0.1, -0.05) is 0 Å². The quantitative estimate of drug-likeness (QED) is 0.534. The van der Waals surface area contributed by atoms with E-state index in [0.717, 1.165) is 16.7 Å². The van der Waals surface area contributed by atoms with Gasteiger partial charge >= 0.3 is 12.2 Å². The van der Waals surface area contributed by atoms with E-state index in [0.29, 0.717) is 48.8 Å². The highest BCUT2D eigenvalue weighted by atomic mass is 32.2. The summed E-state index contributed by atoms with van der Waals surface area (Å²) in [6, 6.07) is 5.40. The van der Waals surface area contributed by atoms with E-state index < -0.39 is 29.8 Å². The van der Waals surface area contributed by atoms with Crippen molar-refractivity contribution in [1.29, 1.82) is 0 Å². The average molecular weight is 545 g/mol. The molecule has 2 aromatic rings. The zero-order valence-corrected chi connectivity index (χ0v) is 21.0. The average Bonchev–Trinajstić information content (AvgIpc) is 2.89. The van der Waals surface area contributed by atoms with Crippen molar-refractivity contribution in [2.75, 3.05) is 68.6 Å². The van der Waals surface area contributed by atoms with Gasteiger partial charge in [0.2, 0.25) is 5.88 Å². The molecule has 1 atom stereocenters. The van der Waals surface area contributed by atoms with E-state index in [-0.39, 0.29) is 37.1 Å². The summed E-state index contributed by atoms with van der Waals surface area (Å²) in [5.41, 5.74) is 1.66. The van der Waals surface area contributed by atoms with Crippen molar-refractivity contribution in [3.05, 3.63) is 35.6 Å². The third-order valence-electron chi connectivity index (χ3n) is 6.05. The molecule has 2 fully saturated rings. The zero-order valence-electron chi connectivity index (χ0n) is 20.2. The Hall–Kier alpha value is -2.77. The minimum Gasteiger partial charge on any atom is -0.475 e. The zero-order chi connectivity index (χ0) is 26.6. The number of anilines is 2. The van der Waals surface area contributed by atoms with Gasteiger partial charge in [-0.25, -0.2) is 9.18 Å². The predicted octanol–water partition coefficient (Wildman–Crippen LogP) is 3.92. The second-order valence-corrected chi connectivity index (χ2v) is 9.96. The number of thioether (sulfide) groups is 1. The van der Waals surface area contributed by atoms with Crippen LogP contribution >= 0.6 is 11.8 Å². The Balaban J connectivity index is 1.62. The molecule has 0 radical (unpaired) electrons. The second-order valence-electron chi connectivity index (χ2n) is 8.65. The van der Waals surface area contributed by atoms with Crippen molar-refractivity contribution in [2.24, 2.45) is 0 Å². The number of aryl methyl sites for hydroxylation is 1. The van der Waals surface area contributed by atoms with Crippen molar-refractivity contribution in [3.8, 4) is 17.0 Å². The van der Waals surface area contributed by atoms with E-state index in [2.05, 4.69) is 10.3 Å². The minimum absolute atomic E-state index is 0.0375. The molecule has 2 N–H and O–H groups in total. The summed E-state index contributed by atoms with van der Waals surface area (Å²) in [7, 11) is 0. The topological polar surface area (TPSA) is 87.2 Å². The largest absolute Gasteiger partial charge is 0.475 e. The van der Waals surface area contributed by atoms with Crippen LogP contribution in [0.3, 0.4) is 0 Å². The van der Waals surface area contributed by atoms with Crippen LogP contribution in [0, 0.1) is 12.7 Å². The number of carbonyl (C=O) groups is 1. The molecule has 13 heteroatoms. The Kier molecular flexibility index (Phi) is 8.65. The van der Waals surface area contributed by atoms with Crippen LogP contribution in [0.5, 0.6) is 5.88 Å². The normalized spacial score (nSPS) is 18.6. The van der Waals surface area contributed by atoms with E-state index >= 15 is 0 Å². The number of amides is 2. The standard InChI is InChI=1S/C24H28F4N4O4S/c1-15-10-18(25)19(29-23(34)32-4-9-37-20(14-32)24(26,27)28)13-17(15)16-11-21(31-2-6-35-7-3-31)30-22(12-16)36-8-5-33/h10-13,20,33H,2-9,14H2,1H3,(H,29,34)/t20-/m1/s1. The highest BCUT2D eigenvalue weighted by Crippen LogP contribution is 2.35. The van der Waals surface area contributed by atoms with Crippen LogP contribution in [0.15, 0.2) is 24.3 Å². The van der Waals surface area contributed by atoms with E-state index in [1.165, 1.54) is 12.1 Å². The molecule has 2 saturated heterocycles. The number of aromatic nitrogens is 1. The van der Waals surface area contributed by atoms with Crippen molar-refractivity contribution < 1.29 is 36.9 Å². The molecule has 0 saturated carbocycles. The Morgan fingerprint density at radius 3 is 2.70 bits per heavy atom. The number of carbonyl (C=O) groups excluding carboxylic acids is 1. The molecule has 0 aliphatic carbocycles. The van der Waals surface area contributed by atoms with Gasteiger partial charge in [0, 0.05) is 38.0 Å². The highest BCUT2D eigenvalue weighted by molar-refractivity contribution is 8.00. The Morgan fingerprint density at radius 2 is 2.00 bits per heavy atom. The molecule has 8 nitrogen and oxygen atoms in total. The molecule has 2 aliphatic rings. The van der Waals surface area contributed by atoms with Gasteiger partial charge in [-0.2, -0.15) is 18.2 Å². The van der Waals surface area contributed by atoms with Gasteiger partial charge in [-0.15, -0.1) is 11.8 Å². The van der Waals surface area contributed by atoms with E-state index in [1.807, 2.05) is 11.0 Å². The van der Waals surface area contributed by atoms with Crippen molar-refractivity contribution in [1.82, 2.24) is 9.88 Å². The molecular weight excluding hydrogens is 516 g/mol. The number of aliphatic hydroxyl groups is 1. The van der Waals surface area contributed by atoms with E-state index in [4.69, 9.17) is 14.6 Å². The molecule has 0 bridgehead atoms. The van der Waals surface area contributed by atoms with Gasteiger partial charge in [-0.05, 0) is 41.8 Å². The first-order valence-corrected chi connectivity index (χ1v) is 12.8. The fraction of sp³-hybridized carbons (Fsp3) is 0.500. The summed E-state index contributed by atoms with van der Waals surface area (Å²) in [6.07, 6.45) is -4.43. The summed E-state index contributed by atoms with van der Waals surface area (Å²) < 4.78 is 65.3. The van der Waals surface area contributed by atoms with Crippen LogP contribution in [0.25, 0.3) is 11.1 Å². The van der Waals surface area contributed by atoms with Gasteiger partial charge < -0.3 is 29.7 Å². The number of morpholine rings is 1. The van der Waals surface area contributed by atoms with E-state index in [9.17, 15) is 22.4 Å². The molecule has 0 spiro atoms. The lowest BCUT2D eigenvalue weighted by Crippen LogP contribution is -2.48. The van der Waals surface area contributed by atoms with Gasteiger partial charge in [0.15, 0.2) is 0 Å². The Morgan fingerprint density at radius 1 is 1.24 bits per heavy atom. The minimum atomic E-state index is -4.43. The van der Waals surface area contributed by atoms with Crippen LogP contribution < -0.4 is 15.0 Å². The number of nitrogens with one attached hydrogen (secondary N) is 1. The maximum Gasteiger partial charge on any atom is 0.402 e. The summed E-state index contributed by atoms with van der Waals surface area (Å²) in [5.74, 6) is 0.322. The first-order chi connectivity index (χ1) is 17.7. The highest BCUT2D eigenvalue weighted by Gasteiger charge is 2.43. The molecule has 2 amide bonds. The van der Waals surface area contributed by atoms with Crippen LogP contribution in [0.2, 0.25) is 0 Å². The molecule has 3 heterocycles. The van der Waals surface area contributed by atoms with Gasteiger partial charge in [0.25, 0.3) is 0 Å². The maximum atomic E-state index is 14.9. The number of nitrogens with zero attached hydrogens (tertiary/aromatic N) is 3. The van der Waals surface area contributed by atoms with Crippen LogP contribution in [-0.4, -0.2) is 90.8 Å². The first-order valence-electron chi connectivity index (χ1n) is 11.8. The number of alkyl halides is 3. The monoisotopic (exact) mass is 544 g/mol. The van der Waals surface area contributed by atoms with E-state index in [1.54, 1.807) is 13.0 Å². The number of halogens is 4. The molecule has 0 unspecified atom stereocenters. The number of hydrogen-bond acceptors (Lipinski definition) is 7. The van der Waals surface area contributed by atoms with Crippen molar-refractivity contribution >= 4 is 29.3 Å². The molecule has 2 aliphatic heterocycles. The lowest BCUT2D eigenvalue weighted by Gasteiger charge is -2.33. The molecule has 202 valence electrons.